The molecule has 0 aliphatic heterocycles. The van der Waals surface area contributed by atoms with Crippen LogP contribution in [-0.4, -0.2) is 28.0 Å². The number of methoxy groups -OCH3 is 1. The monoisotopic (exact) mass is 376 g/mol. The Morgan fingerprint density at radius 1 is 1.04 bits per heavy atom. The van der Waals surface area contributed by atoms with Crippen LogP contribution in [0.2, 0.25) is 0 Å². The first kappa shape index (κ1) is 17.7. The molecular weight excluding hydrogens is 359 g/mol. The van der Waals surface area contributed by atoms with E-state index in [1.807, 2.05) is 48.5 Å². The van der Waals surface area contributed by atoms with Crippen molar-refractivity contribution in [1.29, 1.82) is 0 Å². The lowest BCUT2D eigenvalue weighted by Crippen LogP contribution is -2.34. The molecule has 0 aliphatic rings. The summed E-state index contributed by atoms with van der Waals surface area (Å²) in [5.74, 6) is -0.0401. The Morgan fingerprint density at radius 3 is 2.46 bits per heavy atom. The molecule has 0 saturated heterocycles. The van der Waals surface area contributed by atoms with Gasteiger partial charge in [0.1, 0.15) is 17.1 Å². The van der Waals surface area contributed by atoms with Crippen LogP contribution in [0, 0.1) is 5.82 Å². The number of carbonyl (C=O) groups excluding carboxylic acids is 1. The third kappa shape index (κ3) is 3.42. The highest BCUT2D eigenvalue weighted by Gasteiger charge is 2.21. The molecule has 0 fully saturated rings. The Bertz CT molecular complexity index is 1110. The fourth-order valence-electron chi connectivity index (χ4n) is 2.96. The van der Waals surface area contributed by atoms with Crippen LogP contribution in [0.5, 0.6) is 5.75 Å². The van der Waals surface area contributed by atoms with Crippen molar-refractivity contribution in [3.63, 3.8) is 0 Å². The second-order valence-electron chi connectivity index (χ2n) is 6.18. The molecule has 1 unspecified atom stereocenters. The second-order valence-corrected chi connectivity index (χ2v) is 6.18. The molecule has 1 atom stereocenters. The van der Waals surface area contributed by atoms with Gasteiger partial charge in [0, 0.05) is 5.56 Å². The fraction of sp³-hybridized carbons (Fsp3) is 0.0952. The van der Waals surface area contributed by atoms with Crippen molar-refractivity contribution in [2.45, 2.75) is 6.17 Å². The lowest BCUT2D eigenvalue weighted by molar-refractivity contribution is 0.0927. The number of amides is 1. The average Bonchev–Trinajstić information content (AvgIpc) is 3.16. The Labute approximate surface area is 160 Å². The molecule has 140 valence electrons. The zero-order valence-electron chi connectivity index (χ0n) is 15.0. The maximum Gasteiger partial charge on any atom is 0.253 e. The van der Waals surface area contributed by atoms with Crippen molar-refractivity contribution in [3.05, 3.63) is 89.7 Å². The van der Waals surface area contributed by atoms with Crippen LogP contribution < -0.4 is 10.1 Å². The summed E-state index contributed by atoms with van der Waals surface area (Å²) in [5.41, 5.74) is 2.65. The molecule has 4 aromatic rings. The van der Waals surface area contributed by atoms with Gasteiger partial charge in [-0.2, -0.15) is 0 Å². The van der Waals surface area contributed by atoms with Crippen molar-refractivity contribution in [2.24, 2.45) is 0 Å². The number of nitrogens with one attached hydrogen (secondary N) is 1. The number of aromatic nitrogens is 3. The van der Waals surface area contributed by atoms with Gasteiger partial charge in [0.05, 0.1) is 12.6 Å². The third-order valence-corrected chi connectivity index (χ3v) is 4.43. The van der Waals surface area contributed by atoms with Crippen molar-refractivity contribution >= 4 is 16.9 Å². The molecule has 0 spiro atoms. The summed E-state index contributed by atoms with van der Waals surface area (Å²) in [6.45, 7) is 0. The number of ether oxygens (including phenoxy) is 1. The van der Waals surface area contributed by atoms with Crippen molar-refractivity contribution in [3.8, 4) is 5.75 Å². The van der Waals surface area contributed by atoms with Gasteiger partial charge >= 0.3 is 0 Å². The highest BCUT2D eigenvalue weighted by Crippen LogP contribution is 2.23. The standard InChI is InChI=1S/C21H17FN4O2/c1-28-17-12-8-14(9-13-17)20(23-21(27)15-6-10-16(22)11-7-15)26-19-5-3-2-4-18(19)24-25-26/h2-13,20H,1H3,(H,23,27). The molecule has 1 amide bonds. The maximum atomic E-state index is 13.2. The summed E-state index contributed by atoms with van der Waals surface area (Å²) in [4.78, 5) is 12.8. The molecule has 0 radical (unpaired) electrons. The van der Waals surface area contributed by atoms with Gasteiger partial charge in [-0.3, -0.25) is 4.79 Å². The first-order chi connectivity index (χ1) is 13.7. The van der Waals surface area contributed by atoms with Crippen LogP contribution >= 0.6 is 0 Å². The van der Waals surface area contributed by atoms with Crippen LogP contribution in [0.3, 0.4) is 0 Å². The highest BCUT2D eigenvalue weighted by molar-refractivity contribution is 5.94. The number of hydrogen-bond acceptors (Lipinski definition) is 4. The molecule has 28 heavy (non-hydrogen) atoms. The molecule has 1 aromatic heterocycles. The van der Waals surface area contributed by atoms with Gasteiger partial charge in [-0.15, -0.1) is 5.10 Å². The number of para-hydroxylation sites is 1. The molecule has 7 heteroatoms. The number of rotatable bonds is 5. The molecule has 0 aliphatic carbocycles. The Hall–Kier alpha value is -3.74. The summed E-state index contributed by atoms with van der Waals surface area (Å²) >= 11 is 0. The quantitative estimate of drug-likeness (QED) is 0.578. The van der Waals surface area contributed by atoms with E-state index in [0.717, 1.165) is 16.6 Å². The summed E-state index contributed by atoms with van der Waals surface area (Å²) in [5, 5.41) is 11.4. The smallest absolute Gasteiger partial charge is 0.253 e. The third-order valence-electron chi connectivity index (χ3n) is 4.43. The van der Waals surface area contributed by atoms with E-state index in [9.17, 15) is 9.18 Å². The first-order valence-corrected chi connectivity index (χ1v) is 8.66. The van der Waals surface area contributed by atoms with Gasteiger partial charge < -0.3 is 10.1 Å². The number of nitrogens with zero attached hydrogens (tertiary/aromatic N) is 3. The van der Waals surface area contributed by atoms with Crippen molar-refractivity contribution in [2.75, 3.05) is 7.11 Å². The number of hydrogen-bond donors (Lipinski definition) is 1. The normalized spacial score (nSPS) is 11.9. The summed E-state index contributed by atoms with van der Waals surface area (Å²) in [6, 6.07) is 20.2. The van der Waals surface area contributed by atoms with E-state index in [1.54, 1.807) is 11.8 Å². The Balaban J connectivity index is 1.74. The molecule has 0 bridgehead atoms. The largest absolute Gasteiger partial charge is 0.497 e. The second kappa shape index (κ2) is 7.48. The minimum absolute atomic E-state index is 0.347. The molecule has 4 rings (SSSR count). The lowest BCUT2D eigenvalue weighted by atomic mass is 10.1. The van der Waals surface area contributed by atoms with Crippen LogP contribution in [0.1, 0.15) is 22.1 Å². The summed E-state index contributed by atoms with van der Waals surface area (Å²) < 4.78 is 20.0. The first-order valence-electron chi connectivity index (χ1n) is 8.66. The molecule has 3 aromatic carbocycles. The van der Waals surface area contributed by atoms with E-state index in [-0.39, 0.29) is 5.91 Å². The van der Waals surface area contributed by atoms with Crippen LogP contribution in [-0.2, 0) is 0 Å². The molecule has 1 N–H and O–H groups in total. The average molecular weight is 376 g/mol. The van der Waals surface area contributed by atoms with Crippen LogP contribution in [0.4, 0.5) is 4.39 Å². The molecule has 1 heterocycles. The van der Waals surface area contributed by atoms with Crippen molar-refractivity contribution < 1.29 is 13.9 Å². The summed E-state index contributed by atoms with van der Waals surface area (Å²) in [7, 11) is 1.59. The minimum atomic E-state index is -0.601. The van der Waals surface area contributed by atoms with E-state index >= 15 is 0 Å². The Kier molecular flexibility index (Phi) is 4.72. The van der Waals surface area contributed by atoms with Gasteiger partial charge in [-0.05, 0) is 54.1 Å². The van der Waals surface area contributed by atoms with E-state index in [4.69, 9.17) is 4.74 Å². The van der Waals surface area contributed by atoms with E-state index in [0.29, 0.717) is 11.3 Å². The Morgan fingerprint density at radius 2 is 1.75 bits per heavy atom. The zero-order valence-corrected chi connectivity index (χ0v) is 15.0. The van der Waals surface area contributed by atoms with E-state index in [1.165, 1.54) is 24.3 Å². The maximum absolute atomic E-state index is 13.2. The SMILES string of the molecule is COc1ccc(C(NC(=O)c2ccc(F)cc2)n2nnc3ccccc32)cc1. The van der Waals surface area contributed by atoms with Gasteiger partial charge in [0.15, 0.2) is 6.17 Å². The van der Waals surface area contributed by atoms with Gasteiger partial charge in [-0.25, -0.2) is 9.07 Å². The number of halogens is 1. The minimum Gasteiger partial charge on any atom is -0.497 e. The van der Waals surface area contributed by atoms with Crippen LogP contribution in [0.25, 0.3) is 11.0 Å². The number of benzene rings is 3. The van der Waals surface area contributed by atoms with Gasteiger partial charge in [-0.1, -0.05) is 29.5 Å². The zero-order chi connectivity index (χ0) is 19.5. The predicted octanol–water partition coefficient (Wildman–Crippen LogP) is 3.56. The lowest BCUT2D eigenvalue weighted by Gasteiger charge is -2.20. The number of carbonyl (C=O) groups is 1. The highest BCUT2D eigenvalue weighted by atomic mass is 19.1. The number of fused-ring (bicyclic) bond motifs is 1. The van der Waals surface area contributed by atoms with Gasteiger partial charge in [0.25, 0.3) is 5.91 Å². The summed E-state index contributed by atoms with van der Waals surface area (Å²) in [6.07, 6.45) is -0.601. The predicted molar refractivity (Wildman–Crippen MR) is 103 cm³/mol. The topological polar surface area (TPSA) is 69.0 Å². The van der Waals surface area contributed by atoms with E-state index < -0.39 is 12.0 Å². The fourth-order valence-corrected chi connectivity index (χ4v) is 2.96. The molecule has 6 nitrogen and oxygen atoms in total. The van der Waals surface area contributed by atoms with E-state index in [2.05, 4.69) is 15.6 Å². The van der Waals surface area contributed by atoms with Crippen LogP contribution in [0.15, 0.2) is 72.8 Å². The van der Waals surface area contributed by atoms with Crippen molar-refractivity contribution in [1.82, 2.24) is 20.3 Å². The van der Waals surface area contributed by atoms with Gasteiger partial charge in [0.2, 0.25) is 0 Å². The molecular formula is C21H17FN4O2. The molecule has 0 saturated carbocycles.